The van der Waals surface area contributed by atoms with Crippen molar-refractivity contribution in [3.8, 4) is 0 Å². The number of aliphatic hydroxyl groups excluding tert-OH is 1. The predicted molar refractivity (Wildman–Crippen MR) is 108 cm³/mol. The third-order valence-corrected chi connectivity index (χ3v) is 4.38. The lowest BCUT2D eigenvalue weighted by atomic mass is 10.1. The smallest absolute Gasteiger partial charge is 0.220 e. The predicted octanol–water partition coefficient (Wildman–Crippen LogP) is 4.45. The number of rotatable bonds is 16. The third-order valence-electron chi connectivity index (χ3n) is 4.38. The molecule has 26 heavy (non-hydrogen) atoms. The summed E-state index contributed by atoms with van der Waals surface area (Å²) in [7, 11) is 0. The van der Waals surface area contributed by atoms with Gasteiger partial charge in [0.2, 0.25) is 5.91 Å². The summed E-state index contributed by atoms with van der Waals surface area (Å²) in [6.07, 6.45) is 24.5. The van der Waals surface area contributed by atoms with Crippen molar-refractivity contribution in [3.05, 3.63) is 36.5 Å². The number of hydrogen-bond donors (Lipinski definition) is 2. The van der Waals surface area contributed by atoms with Gasteiger partial charge in [-0.3, -0.25) is 4.79 Å². The van der Waals surface area contributed by atoms with Crippen molar-refractivity contribution in [1.82, 2.24) is 5.32 Å². The van der Waals surface area contributed by atoms with E-state index < -0.39 is 0 Å². The highest BCUT2D eigenvalue weighted by Crippen LogP contribution is 2.29. The summed E-state index contributed by atoms with van der Waals surface area (Å²) in [5, 5.41) is 11.3. The van der Waals surface area contributed by atoms with Crippen LogP contribution in [0.25, 0.3) is 0 Å². The number of carbonyl (C=O) groups is 1. The Labute approximate surface area is 159 Å². The highest BCUT2D eigenvalue weighted by Gasteiger charge is 2.35. The molecule has 0 radical (unpaired) electrons. The number of unbranched alkanes of at least 4 members (excludes halogenated alkanes) is 4. The van der Waals surface area contributed by atoms with E-state index in [-0.39, 0.29) is 12.5 Å². The maximum absolute atomic E-state index is 11.3. The zero-order valence-corrected chi connectivity index (χ0v) is 16.4. The molecule has 1 aliphatic rings. The van der Waals surface area contributed by atoms with Gasteiger partial charge in [-0.2, -0.15) is 0 Å². The van der Waals surface area contributed by atoms with Crippen LogP contribution in [0.4, 0.5) is 0 Å². The van der Waals surface area contributed by atoms with Crippen molar-refractivity contribution >= 4 is 5.91 Å². The minimum absolute atomic E-state index is 0.000366. The van der Waals surface area contributed by atoms with Crippen LogP contribution in [0.3, 0.4) is 0 Å². The fourth-order valence-corrected chi connectivity index (χ4v) is 2.74. The summed E-state index contributed by atoms with van der Waals surface area (Å²) in [6.45, 7) is 2.58. The van der Waals surface area contributed by atoms with Crippen LogP contribution in [0, 0.1) is 0 Å². The summed E-state index contributed by atoms with van der Waals surface area (Å²) in [5.74, 6) is 0.0159. The maximum atomic E-state index is 11.3. The fourth-order valence-electron chi connectivity index (χ4n) is 2.74. The number of epoxide rings is 1. The molecule has 0 spiro atoms. The van der Waals surface area contributed by atoms with Gasteiger partial charge in [0.25, 0.3) is 0 Å². The van der Waals surface area contributed by atoms with Gasteiger partial charge >= 0.3 is 0 Å². The number of aliphatic hydroxyl groups is 1. The highest BCUT2D eigenvalue weighted by atomic mass is 16.6. The van der Waals surface area contributed by atoms with E-state index in [4.69, 9.17) is 9.84 Å². The van der Waals surface area contributed by atoms with Crippen LogP contribution in [0.5, 0.6) is 0 Å². The van der Waals surface area contributed by atoms with Crippen LogP contribution in [-0.2, 0) is 9.53 Å². The molecule has 2 atom stereocenters. The van der Waals surface area contributed by atoms with E-state index in [9.17, 15) is 4.79 Å². The first kappa shape index (κ1) is 22.7. The number of hydrogen-bond acceptors (Lipinski definition) is 3. The topological polar surface area (TPSA) is 61.9 Å². The van der Waals surface area contributed by atoms with Crippen LogP contribution in [0.1, 0.15) is 71.1 Å². The van der Waals surface area contributed by atoms with Crippen molar-refractivity contribution in [2.24, 2.45) is 0 Å². The Bertz CT molecular complexity index is 443. The second kappa shape index (κ2) is 15.8. The van der Waals surface area contributed by atoms with Crippen LogP contribution in [-0.4, -0.2) is 36.4 Å². The van der Waals surface area contributed by atoms with Gasteiger partial charge in [-0.15, -0.1) is 0 Å². The van der Waals surface area contributed by atoms with Gasteiger partial charge in [-0.1, -0.05) is 56.2 Å². The number of nitrogens with one attached hydrogen (secondary N) is 1. The molecule has 0 aromatic carbocycles. The van der Waals surface area contributed by atoms with Gasteiger partial charge in [-0.25, -0.2) is 0 Å². The molecule has 0 bridgehead atoms. The third kappa shape index (κ3) is 12.9. The Hall–Kier alpha value is -1.39. The Balaban J connectivity index is 1.91. The van der Waals surface area contributed by atoms with E-state index in [1.54, 1.807) is 0 Å². The van der Waals surface area contributed by atoms with Crippen LogP contribution < -0.4 is 5.32 Å². The molecule has 1 fully saturated rings. The zero-order chi connectivity index (χ0) is 18.9. The molecule has 0 aromatic rings. The van der Waals surface area contributed by atoms with Crippen molar-refractivity contribution in [2.45, 2.75) is 83.3 Å². The lowest BCUT2D eigenvalue weighted by Gasteiger charge is -2.00. The molecule has 1 aliphatic heterocycles. The molecule has 1 amide bonds. The van der Waals surface area contributed by atoms with Gasteiger partial charge in [0.15, 0.2) is 0 Å². The van der Waals surface area contributed by atoms with E-state index in [1.165, 1.54) is 25.7 Å². The van der Waals surface area contributed by atoms with Gasteiger partial charge in [0.1, 0.15) is 0 Å². The molecule has 4 heteroatoms. The summed E-state index contributed by atoms with van der Waals surface area (Å²) >= 11 is 0. The normalized spacial score (nSPS) is 19.8. The zero-order valence-electron chi connectivity index (χ0n) is 16.4. The second-order valence-corrected chi connectivity index (χ2v) is 6.80. The van der Waals surface area contributed by atoms with E-state index in [0.29, 0.717) is 25.2 Å². The monoisotopic (exact) mass is 363 g/mol. The Morgan fingerprint density at radius 1 is 0.962 bits per heavy atom. The summed E-state index contributed by atoms with van der Waals surface area (Å²) < 4.78 is 5.68. The van der Waals surface area contributed by atoms with E-state index >= 15 is 0 Å². The van der Waals surface area contributed by atoms with Crippen molar-refractivity contribution in [2.75, 3.05) is 13.2 Å². The lowest BCUT2D eigenvalue weighted by Crippen LogP contribution is -2.25. The SMILES string of the molecule is CCCCCC=CCC1OC1CC=CCC=CCCCC(=O)NCCO. The minimum Gasteiger partial charge on any atom is -0.395 e. The molecule has 0 aliphatic carbocycles. The molecule has 1 heterocycles. The van der Waals surface area contributed by atoms with Crippen molar-refractivity contribution < 1.29 is 14.6 Å². The first-order valence-corrected chi connectivity index (χ1v) is 10.3. The Morgan fingerprint density at radius 2 is 1.62 bits per heavy atom. The fraction of sp³-hybridized carbons (Fsp3) is 0.682. The number of allylic oxidation sites excluding steroid dienone is 4. The van der Waals surface area contributed by atoms with Gasteiger partial charge < -0.3 is 15.2 Å². The summed E-state index contributed by atoms with van der Waals surface area (Å²) in [5.41, 5.74) is 0. The molecule has 148 valence electrons. The molecule has 1 saturated heterocycles. The molecule has 2 unspecified atom stereocenters. The standard InChI is InChI=1S/C22H37NO3/c1-2-3-4-5-9-12-15-20-21(26-20)16-13-10-7-6-8-11-14-17-22(25)23-18-19-24/h6,8-10,12-13,20-21,24H,2-5,7,11,14-19H2,1H3,(H,23,25). The highest BCUT2D eigenvalue weighted by molar-refractivity contribution is 5.75. The molecular formula is C22H37NO3. The van der Waals surface area contributed by atoms with Gasteiger partial charge in [0, 0.05) is 13.0 Å². The first-order chi connectivity index (χ1) is 12.8. The van der Waals surface area contributed by atoms with Gasteiger partial charge in [0.05, 0.1) is 18.8 Å². The number of amides is 1. The van der Waals surface area contributed by atoms with Crippen LogP contribution in [0.15, 0.2) is 36.5 Å². The number of carbonyl (C=O) groups excluding carboxylic acids is 1. The summed E-state index contributed by atoms with van der Waals surface area (Å²) in [4.78, 5) is 11.3. The quantitative estimate of drug-likeness (QED) is 0.242. The Kier molecular flexibility index (Phi) is 13.8. The number of ether oxygens (including phenoxy) is 1. The van der Waals surface area contributed by atoms with Crippen LogP contribution >= 0.6 is 0 Å². The van der Waals surface area contributed by atoms with Crippen molar-refractivity contribution in [3.63, 3.8) is 0 Å². The van der Waals surface area contributed by atoms with Crippen molar-refractivity contribution in [1.29, 1.82) is 0 Å². The minimum atomic E-state index is 0.000366. The average molecular weight is 364 g/mol. The molecule has 4 nitrogen and oxygen atoms in total. The largest absolute Gasteiger partial charge is 0.395 e. The lowest BCUT2D eigenvalue weighted by molar-refractivity contribution is -0.121. The molecule has 1 rings (SSSR count). The molecule has 2 N–H and O–H groups in total. The van der Waals surface area contributed by atoms with E-state index in [2.05, 4.69) is 48.7 Å². The van der Waals surface area contributed by atoms with Crippen LogP contribution in [0.2, 0.25) is 0 Å². The maximum Gasteiger partial charge on any atom is 0.220 e. The van der Waals surface area contributed by atoms with E-state index in [0.717, 1.165) is 32.1 Å². The average Bonchev–Trinajstić information content (AvgIpc) is 3.39. The first-order valence-electron chi connectivity index (χ1n) is 10.3. The Morgan fingerprint density at radius 3 is 2.35 bits per heavy atom. The summed E-state index contributed by atoms with van der Waals surface area (Å²) in [6, 6.07) is 0. The second-order valence-electron chi connectivity index (χ2n) is 6.80. The molecular weight excluding hydrogens is 326 g/mol. The van der Waals surface area contributed by atoms with E-state index in [1.807, 2.05) is 0 Å². The molecule has 0 aromatic heterocycles. The van der Waals surface area contributed by atoms with Gasteiger partial charge in [-0.05, 0) is 44.9 Å². The molecule has 0 saturated carbocycles.